The third-order valence-corrected chi connectivity index (χ3v) is 6.64. The SMILES string of the molecule is CCOC(=O)N1CCC(N2C(=O)C(=O)/C(=C(/O)c3ccc(C)c(C)c3)C2c2cccnc2)CC1. The molecule has 0 spiro atoms. The van der Waals surface area contributed by atoms with Crippen LogP contribution in [0.15, 0.2) is 48.3 Å². The quantitative estimate of drug-likeness (QED) is 0.421. The van der Waals surface area contributed by atoms with E-state index in [9.17, 15) is 19.5 Å². The Bertz CT molecular complexity index is 1140. The molecule has 2 aliphatic rings. The molecule has 1 aromatic heterocycles. The lowest BCUT2D eigenvalue weighted by atomic mass is 9.94. The van der Waals surface area contributed by atoms with E-state index in [0.717, 1.165) is 11.1 Å². The van der Waals surface area contributed by atoms with Crippen LogP contribution in [0.3, 0.4) is 0 Å². The molecule has 0 bridgehead atoms. The minimum Gasteiger partial charge on any atom is -0.507 e. The normalized spacial score (nSPS) is 20.6. The number of hydrogen-bond donors (Lipinski definition) is 1. The third-order valence-electron chi connectivity index (χ3n) is 6.64. The lowest BCUT2D eigenvalue weighted by Gasteiger charge is -2.38. The maximum atomic E-state index is 13.3. The van der Waals surface area contributed by atoms with Crippen molar-refractivity contribution in [2.45, 2.75) is 45.7 Å². The molecule has 4 rings (SSSR count). The first kappa shape index (κ1) is 23.5. The fourth-order valence-corrected chi connectivity index (χ4v) is 4.68. The number of benzene rings is 1. The summed E-state index contributed by atoms with van der Waals surface area (Å²) in [6.45, 7) is 6.80. The van der Waals surface area contributed by atoms with Crippen molar-refractivity contribution in [1.82, 2.24) is 14.8 Å². The van der Waals surface area contributed by atoms with Crippen LogP contribution in [-0.4, -0.2) is 63.4 Å². The molecule has 0 saturated carbocycles. The van der Waals surface area contributed by atoms with E-state index >= 15 is 0 Å². The number of pyridine rings is 1. The number of piperidine rings is 1. The second-order valence-electron chi connectivity index (χ2n) is 8.71. The Morgan fingerprint density at radius 2 is 1.88 bits per heavy atom. The molecular formula is C26H29N3O5. The zero-order valence-electron chi connectivity index (χ0n) is 19.7. The Morgan fingerprint density at radius 3 is 2.50 bits per heavy atom. The van der Waals surface area contributed by atoms with Gasteiger partial charge in [-0.2, -0.15) is 0 Å². The summed E-state index contributed by atoms with van der Waals surface area (Å²) >= 11 is 0. The topological polar surface area (TPSA) is 100 Å². The van der Waals surface area contributed by atoms with Gasteiger partial charge in [0.15, 0.2) is 0 Å². The molecule has 2 fully saturated rings. The summed E-state index contributed by atoms with van der Waals surface area (Å²) in [6, 6.07) is 7.98. The number of ketones is 1. The fraction of sp³-hybridized carbons (Fsp3) is 0.385. The van der Waals surface area contributed by atoms with Gasteiger partial charge in [-0.3, -0.25) is 14.6 Å². The van der Waals surface area contributed by atoms with E-state index in [0.29, 0.717) is 43.7 Å². The van der Waals surface area contributed by atoms with Crippen molar-refractivity contribution in [2.24, 2.45) is 0 Å². The van der Waals surface area contributed by atoms with Crippen LogP contribution in [0.1, 0.15) is 48.1 Å². The van der Waals surface area contributed by atoms with Gasteiger partial charge in [0.05, 0.1) is 18.2 Å². The average Bonchev–Trinajstić information content (AvgIpc) is 3.11. The standard InChI is InChI=1S/C26H29N3O5/c1-4-34-26(33)28-12-9-20(10-13-28)29-22(19-6-5-11-27-15-19)21(24(31)25(29)32)23(30)18-8-7-16(2)17(3)14-18/h5-8,11,14-15,20,22,30H,4,9-10,12-13H2,1-3H3/b23-21+. The number of aromatic nitrogens is 1. The number of amides is 2. The number of carbonyl (C=O) groups excluding carboxylic acids is 3. The number of Topliss-reactive ketones (excluding diaryl/α,β-unsaturated/α-hetero) is 1. The highest BCUT2D eigenvalue weighted by molar-refractivity contribution is 6.46. The van der Waals surface area contributed by atoms with Gasteiger partial charge in [0.2, 0.25) is 0 Å². The summed E-state index contributed by atoms with van der Waals surface area (Å²) in [4.78, 5) is 46.0. The number of aliphatic hydroxyl groups is 1. The Hall–Kier alpha value is -3.68. The molecule has 34 heavy (non-hydrogen) atoms. The van der Waals surface area contributed by atoms with Crippen molar-refractivity contribution in [1.29, 1.82) is 0 Å². The molecule has 1 atom stereocenters. The maximum Gasteiger partial charge on any atom is 0.409 e. The first-order valence-corrected chi connectivity index (χ1v) is 11.5. The van der Waals surface area contributed by atoms with E-state index < -0.39 is 17.7 Å². The molecule has 1 aromatic carbocycles. The number of hydrogen-bond acceptors (Lipinski definition) is 6. The molecule has 0 radical (unpaired) electrons. The highest BCUT2D eigenvalue weighted by Gasteiger charge is 2.49. The molecular weight excluding hydrogens is 434 g/mol. The van der Waals surface area contributed by atoms with Crippen LogP contribution in [0.25, 0.3) is 5.76 Å². The average molecular weight is 464 g/mol. The van der Waals surface area contributed by atoms with Crippen LogP contribution in [0, 0.1) is 13.8 Å². The largest absolute Gasteiger partial charge is 0.507 e. The Labute approximate surface area is 198 Å². The second-order valence-corrected chi connectivity index (χ2v) is 8.71. The summed E-state index contributed by atoms with van der Waals surface area (Å²) in [5.74, 6) is -1.55. The van der Waals surface area contributed by atoms with Crippen molar-refractivity contribution in [3.8, 4) is 0 Å². The monoisotopic (exact) mass is 463 g/mol. The van der Waals surface area contributed by atoms with E-state index in [2.05, 4.69) is 4.98 Å². The van der Waals surface area contributed by atoms with Gasteiger partial charge >= 0.3 is 6.09 Å². The summed E-state index contributed by atoms with van der Waals surface area (Å²) in [5, 5.41) is 11.2. The first-order valence-electron chi connectivity index (χ1n) is 11.5. The van der Waals surface area contributed by atoms with E-state index in [1.54, 1.807) is 47.3 Å². The van der Waals surface area contributed by atoms with Gasteiger partial charge in [0.25, 0.3) is 11.7 Å². The molecule has 8 heteroatoms. The third kappa shape index (κ3) is 4.27. The summed E-state index contributed by atoms with van der Waals surface area (Å²) < 4.78 is 5.09. The number of aryl methyl sites for hydroxylation is 2. The van der Waals surface area contributed by atoms with Crippen molar-refractivity contribution in [3.05, 3.63) is 70.6 Å². The fourth-order valence-electron chi connectivity index (χ4n) is 4.68. The number of ether oxygens (including phenoxy) is 1. The number of aliphatic hydroxyl groups excluding tert-OH is 1. The molecule has 0 aliphatic carbocycles. The zero-order chi connectivity index (χ0) is 24.4. The van der Waals surface area contributed by atoms with Crippen LogP contribution >= 0.6 is 0 Å². The van der Waals surface area contributed by atoms with E-state index in [-0.39, 0.29) is 23.5 Å². The van der Waals surface area contributed by atoms with Crippen LogP contribution < -0.4 is 0 Å². The number of likely N-dealkylation sites (tertiary alicyclic amines) is 2. The molecule has 2 aromatic rings. The number of nitrogens with zero attached hydrogens (tertiary/aromatic N) is 3. The highest BCUT2D eigenvalue weighted by Crippen LogP contribution is 2.42. The predicted octanol–water partition coefficient (Wildman–Crippen LogP) is 3.74. The van der Waals surface area contributed by atoms with Gasteiger partial charge in [-0.25, -0.2) is 4.79 Å². The van der Waals surface area contributed by atoms with Gasteiger partial charge in [0.1, 0.15) is 5.76 Å². The van der Waals surface area contributed by atoms with Crippen molar-refractivity contribution in [2.75, 3.05) is 19.7 Å². The van der Waals surface area contributed by atoms with Crippen LogP contribution in [0.2, 0.25) is 0 Å². The molecule has 178 valence electrons. The van der Waals surface area contributed by atoms with Crippen molar-refractivity contribution in [3.63, 3.8) is 0 Å². The lowest BCUT2D eigenvalue weighted by Crippen LogP contribution is -2.48. The minimum atomic E-state index is -0.755. The highest BCUT2D eigenvalue weighted by atomic mass is 16.6. The van der Waals surface area contributed by atoms with Crippen LogP contribution in [-0.2, 0) is 14.3 Å². The van der Waals surface area contributed by atoms with Gasteiger partial charge < -0.3 is 19.6 Å². The molecule has 3 heterocycles. The Balaban J connectivity index is 1.73. The van der Waals surface area contributed by atoms with Crippen molar-refractivity contribution < 1.29 is 24.2 Å². The Morgan fingerprint density at radius 1 is 1.15 bits per heavy atom. The first-order chi connectivity index (χ1) is 16.3. The summed E-state index contributed by atoms with van der Waals surface area (Å²) in [7, 11) is 0. The van der Waals surface area contributed by atoms with Crippen LogP contribution in [0.5, 0.6) is 0 Å². The summed E-state index contributed by atoms with van der Waals surface area (Å²) in [6.07, 6.45) is 3.88. The van der Waals surface area contributed by atoms with E-state index in [4.69, 9.17) is 4.74 Å². The molecule has 1 N–H and O–H groups in total. The molecule has 8 nitrogen and oxygen atoms in total. The van der Waals surface area contributed by atoms with Gasteiger partial charge in [-0.05, 0) is 62.4 Å². The van der Waals surface area contributed by atoms with E-state index in [1.165, 1.54) is 0 Å². The zero-order valence-corrected chi connectivity index (χ0v) is 19.7. The van der Waals surface area contributed by atoms with E-state index in [1.807, 2.05) is 26.0 Å². The maximum absolute atomic E-state index is 13.3. The summed E-state index contributed by atoms with van der Waals surface area (Å²) in [5.41, 5.74) is 3.25. The van der Waals surface area contributed by atoms with Gasteiger partial charge in [-0.15, -0.1) is 0 Å². The molecule has 1 unspecified atom stereocenters. The van der Waals surface area contributed by atoms with Gasteiger partial charge in [0, 0.05) is 37.1 Å². The Kier molecular flexibility index (Phi) is 6.68. The number of carbonyl (C=O) groups is 3. The van der Waals surface area contributed by atoms with Crippen molar-refractivity contribution >= 4 is 23.5 Å². The predicted molar refractivity (Wildman–Crippen MR) is 126 cm³/mol. The second kappa shape index (κ2) is 9.67. The lowest BCUT2D eigenvalue weighted by molar-refractivity contribution is -0.142. The number of rotatable bonds is 4. The van der Waals surface area contributed by atoms with Crippen LogP contribution in [0.4, 0.5) is 4.79 Å². The smallest absolute Gasteiger partial charge is 0.409 e. The van der Waals surface area contributed by atoms with Gasteiger partial charge in [-0.1, -0.05) is 18.2 Å². The molecule has 2 saturated heterocycles. The molecule has 2 aliphatic heterocycles. The molecule has 2 amide bonds. The minimum absolute atomic E-state index is 0.0640.